The molecule has 17 heavy (non-hydrogen) atoms. The van der Waals surface area contributed by atoms with E-state index >= 15 is 0 Å². The molecule has 0 aliphatic rings. The molecule has 0 aromatic heterocycles. The molecule has 2 rings (SSSR count). The van der Waals surface area contributed by atoms with Crippen LogP contribution in [0, 0.1) is 0 Å². The number of benzene rings is 2. The van der Waals surface area contributed by atoms with Crippen molar-refractivity contribution < 1.29 is 9.53 Å². The van der Waals surface area contributed by atoms with Crippen molar-refractivity contribution in [2.24, 2.45) is 0 Å². The summed E-state index contributed by atoms with van der Waals surface area (Å²) in [6, 6.07) is 14.3. The fourth-order valence-electron chi connectivity index (χ4n) is 1.27. The Bertz CT molecular complexity index is 535. The molecule has 2 nitrogen and oxygen atoms in total. The van der Waals surface area contributed by atoms with E-state index in [1.807, 2.05) is 18.2 Å². The van der Waals surface area contributed by atoms with E-state index in [1.165, 1.54) is 0 Å². The first kappa shape index (κ1) is 12.3. The van der Waals surface area contributed by atoms with Crippen molar-refractivity contribution in [3.05, 3.63) is 63.0 Å². The zero-order valence-electron chi connectivity index (χ0n) is 8.69. The van der Waals surface area contributed by atoms with Crippen molar-refractivity contribution in [2.45, 2.75) is 0 Å². The highest BCUT2D eigenvalue weighted by molar-refractivity contribution is 9.10. The number of rotatable bonds is 2. The van der Waals surface area contributed by atoms with Gasteiger partial charge in [0.1, 0.15) is 5.75 Å². The van der Waals surface area contributed by atoms with E-state index < -0.39 is 0 Å². The van der Waals surface area contributed by atoms with Crippen LogP contribution in [0.15, 0.2) is 57.5 Å². The minimum atomic E-state index is -0.371. The Hall–Kier alpha value is -1.13. The maximum atomic E-state index is 11.8. The molecular formula is C13H8Br2O2. The molecule has 0 N–H and O–H groups in total. The number of ether oxygens (including phenoxy) is 1. The first-order chi connectivity index (χ1) is 8.16. The van der Waals surface area contributed by atoms with Crippen LogP contribution < -0.4 is 4.74 Å². The van der Waals surface area contributed by atoms with E-state index in [0.717, 1.165) is 8.95 Å². The molecule has 0 saturated carbocycles. The predicted octanol–water partition coefficient (Wildman–Crippen LogP) is 4.43. The van der Waals surface area contributed by atoms with E-state index in [2.05, 4.69) is 31.9 Å². The third-order valence-corrected chi connectivity index (χ3v) is 3.30. The highest BCUT2D eigenvalue weighted by Gasteiger charge is 2.09. The van der Waals surface area contributed by atoms with Gasteiger partial charge in [-0.25, -0.2) is 4.79 Å². The maximum Gasteiger partial charge on any atom is 0.343 e. The Kier molecular flexibility index (Phi) is 3.97. The largest absolute Gasteiger partial charge is 0.422 e. The zero-order chi connectivity index (χ0) is 12.3. The normalized spacial score (nSPS) is 10.0. The summed E-state index contributed by atoms with van der Waals surface area (Å²) < 4.78 is 6.95. The Labute approximate surface area is 116 Å². The third-order valence-electron chi connectivity index (χ3n) is 2.12. The molecule has 0 aliphatic heterocycles. The van der Waals surface area contributed by atoms with E-state index in [9.17, 15) is 4.79 Å². The molecule has 0 heterocycles. The van der Waals surface area contributed by atoms with Crippen LogP contribution >= 0.6 is 31.9 Å². The van der Waals surface area contributed by atoms with Gasteiger partial charge in [-0.2, -0.15) is 0 Å². The summed E-state index contributed by atoms with van der Waals surface area (Å²) in [6.45, 7) is 0. The molecule has 0 saturated heterocycles. The number of para-hydroxylation sites is 1. The van der Waals surface area contributed by atoms with Gasteiger partial charge in [0, 0.05) is 4.47 Å². The average molecular weight is 356 g/mol. The van der Waals surface area contributed by atoms with Gasteiger partial charge < -0.3 is 4.74 Å². The Morgan fingerprint density at radius 2 is 1.59 bits per heavy atom. The van der Waals surface area contributed by atoms with Gasteiger partial charge >= 0.3 is 5.97 Å². The molecule has 0 aliphatic carbocycles. The summed E-state index contributed by atoms with van der Waals surface area (Å²) in [5.41, 5.74) is 0.518. The first-order valence-electron chi connectivity index (χ1n) is 4.89. The predicted molar refractivity (Wildman–Crippen MR) is 73.2 cm³/mol. The molecule has 0 amide bonds. The zero-order valence-corrected chi connectivity index (χ0v) is 11.9. The lowest BCUT2D eigenvalue weighted by molar-refractivity contribution is 0.0733. The van der Waals surface area contributed by atoms with E-state index in [0.29, 0.717) is 11.3 Å². The number of esters is 1. The molecule has 0 fully saturated rings. The molecule has 0 bridgehead atoms. The van der Waals surface area contributed by atoms with E-state index in [4.69, 9.17) is 4.74 Å². The van der Waals surface area contributed by atoms with Crippen LogP contribution in [-0.2, 0) is 0 Å². The lowest BCUT2D eigenvalue weighted by Gasteiger charge is -2.05. The smallest absolute Gasteiger partial charge is 0.343 e. The molecular weight excluding hydrogens is 348 g/mol. The monoisotopic (exact) mass is 354 g/mol. The Balaban J connectivity index is 2.17. The molecule has 0 spiro atoms. The number of hydrogen-bond acceptors (Lipinski definition) is 2. The second-order valence-electron chi connectivity index (χ2n) is 3.33. The molecule has 4 heteroatoms. The summed E-state index contributed by atoms with van der Waals surface area (Å²) in [6.07, 6.45) is 0. The average Bonchev–Trinajstić information content (AvgIpc) is 2.33. The summed E-state index contributed by atoms with van der Waals surface area (Å²) in [7, 11) is 0. The molecule has 0 radical (unpaired) electrons. The molecule has 0 unspecified atom stereocenters. The van der Waals surface area contributed by atoms with Gasteiger partial charge in [-0.1, -0.05) is 28.1 Å². The minimum Gasteiger partial charge on any atom is -0.422 e. The van der Waals surface area contributed by atoms with Crippen molar-refractivity contribution in [1.82, 2.24) is 0 Å². The number of halogens is 2. The van der Waals surface area contributed by atoms with Gasteiger partial charge in [-0.05, 0) is 52.3 Å². The van der Waals surface area contributed by atoms with Crippen LogP contribution in [0.25, 0.3) is 0 Å². The van der Waals surface area contributed by atoms with Crippen LogP contribution in [0.2, 0.25) is 0 Å². The van der Waals surface area contributed by atoms with Gasteiger partial charge in [0.05, 0.1) is 10.0 Å². The first-order valence-corrected chi connectivity index (χ1v) is 6.48. The maximum absolute atomic E-state index is 11.8. The fraction of sp³-hybridized carbons (Fsp3) is 0. The topological polar surface area (TPSA) is 26.3 Å². The number of carbonyl (C=O) groups excluding carboxylic acids is 1. The number of carbonyl (C=O) groups is 1. The molecule has 0 atom stereocenters. The standard InChI is InChI=1S/C13H8Br2O2/c14-10-7-5-9(6-8-10)13(16)17-12-4-2-1-3-11(12)15/h1-8H. The van der Waals surface area contributed by atoms with Gasteiger partial charge in [0.15, 0.2) is 0 Å². The van der Waals surface area contributed by atoms with Gasteiger partial charge in [0.2, 0.25) is 0 Å². The van der Waals surface area contributed by atoms with Crippen molar-refractivity contribution in [1.29, 1.82) is 0 Å². The van der Waals surface area contributed by atoms with Gasteiger partial charge in [-0.15, -0.1) is 0 Å². The lowest BCUT2D eigenvalue weighted by Crippen LogP contribution is -2.08. The summed E-state index contributed by atoms with van der Waals surface area (Å²) in [4.78, 5) is 11.8. The van der Waals surface area contributed by atoms with Crippen LogP contribution in [0.1, 0.15) is 10.4 Å². The summed E-state index contributed by atoms with van der Waals surface area (Å²) >= 11 is 6.64. The third kappa shape index (κ3) is 3.17. The Morgan fingerprint density at radius 1 is 0.941 bits per heavy atom. The fourth-order valence-corrected chi connectivity index (χ4v) is 1.90. The minimum absolute atomic E-state index is 0.371. The van der Waals surface area contributed by atoms with E-state index in [1.54, 1.807) is 30.3 Å². The van der Waals surface area contributed by atoms with E-state index in [-0.39, 0.29) is 5.97 Å². The highest BCUT2D eigenvalue weighted by Crippen LogP contribution is 2.24. The van der Waals surface area contributed by atoms with Gasteiger partial charge in [0.25, 0.3) is 0 Å². The molecule has 86 valence electrons. The van der Waals surface area contributed by atoms with Crippen LogP contribution in [0.3, 0.4) is 0 Å². The van der Waals surface area contributed by atoms with Crippen molar-refractivity contribution in [3.8, 4) is 5.75 Å². The lowest BCUT2D eigenvalue weighted by atomic mass is 10.2. The highest BCUT2D eigenvalue weighted by atomic mass is 79.9. The second kappa shape index (κ2) is 5.47. The van der Waals surface area contributed by atoms with Crippen LogP contribution in [0.4, 0.5) is 0 Å². The van der Waals surface area contributed by atoms with Crippen LogP contribution in [-0.4, -0.2) is 5.97 Å². The van der Waals surface area contributed by atoms with Crippen molar-refractivity contribution >= 4 is 37.8 Å². The second-order valence-corrected chi connectivity index (χ2v) is 5.10. The molecule has 2 aromatic carbocycles. The SMILES string of the molecule is O=C(Oc1ccccc1Br)c1ccc(Br)cc1. The summed E-state index contributed by atoms with van der Waals surface area (Å²) in [5, 5.41) is 0. The quantitative estimate of drug-likeness (QED) is 0.588. The van der Waals surface area contributed by atoms with Crippen molar-refractivity contribution in [2.75, 3.05) is 0 Å². The van der Waals surface area contributed by atoms with Crippen molar-refractivity contribution in [3.63, 3.8) is 0 Å². The Morgan fingerprint density at radius 3 is 2.24 bits per heavy atom. The summed E-state index contributed by atoms with van der Waals surface area (Å²) in [5.74, 6) is 0.143. The van der Waals surface area contributed by atoms with Crippen LogP contribution in [0.5, 0.6) is 5.75 Å². The van der Waals surface area contributed by atoms with Gasteiger partial charge in [-0.3, -0.25) is 0 Å². The molecule has 2 aromatic rings. The number of hydrogen-bond donors (Lipinski definition) is 0.